The van der Waals surface area contributed by atoms with Gasteiger partial charge >= 0.3 is 7.12 Å². The first-order valence-corrected chi connectivity index (χ1v) is 9.70. The number of hydrogen-bond donors (Lipinski definition) is 1. The Morgan fingerprint density at radius 2 is 1.71 bits per heavy atom. The third-order valence-electron chi connectivity index (χ3n) is 6.14. The maximum absolute atomic E-state index is 14.6. The van der Waals surface area contributed by atoms with Gasteiger partial charge in [0.1, 0.15) is 11.6 Å². The van der Waals surface area contributed by atoms with Crippen molar-refractivity contribution in [3.05, 3.63) is 58.4 Å². The fourth-order valence-corrected chi connectivity index (χ4v) is 4.01. The van der Waals surface area contributed by atoms with E-state index in [0.29, 0.717) is 23.2 Å². The Morgan fingerprint density at radius 3 is 2.29 bits per heavy atom. The highest BCUT2D eigenvalue weighted by atomic mass is 35.5. The average Bonchev–Trinajstić information content (AvgIpc) is 3.11. The topological polar surface area (TPSA) is 47.9 Å². The summed E-state index contributed by atoms with van der Waals surface area (Å²) in [6, 6.07) is 10.7. The van der Waals surface area contributed by atoms with Crippen molar-refractivity contribution in [2.24, 2.45) is 0 Å². The molecule has 1 fully saturated rings. The molecule has 148 valence electrons. The van der Waals surface area contributed by atoms with E-state index in [0.717, 1.165) is 5.56 Å². The van der Waals surface area contributed by atoms with Crippen molar-refractivity contribution in [1.29, 1.82) is 0 Å². The predicted octanol–water partition coefficient (Wildman–Crippen LogP) is 3.60. The normalized spacial score (nSPS) is 24.9. The zero-order valence-corrected chi connectivity index (χ0v) is 17.1. The summed E-state index contributed by atoms with van der Waals surface area (Å²) in [6.45, 7) is 7.46. The summed E-state index contributed by atoms with van der Waals surface area (Å²) in [5.41, 5.74) is -0.242. The van der Waals surface area contributed by atoms with E-state index in [4.69, 9.17) is 25.6 Å². The third-order valence-corrected chi connectivity index (χ3v) is 6.52. The van der Waals surface area contributed by atoms with Gasteiger partial charge in [-0.2, -0.15) is 0 Å². The molecule has 2 aromatic rings. The molecule has 2 aromatic carbocycles. The SMILES string of the molecule is CC1(C)OB(c2c(Cl)c(F)cc3c2C[C@@](CO)(c2ccccc2)O3)OC1(C)C. The van der Waals surface area contributed by atoms with E-state index in [1.165, 1.54) is 6.07 Å². The molecule has 1 N–H and O–H groups in total. The van der Waals surface area contributed by atoms with Crippen LogP contribution < -0.4 is 10.2 Å². The molecule has 0 amide bonds. The molecule has 0 spiro atoms. The van der Waals surface area contributed by atoms with Crippen molar-refractivity contribution in [3.8, 4) is 5.75 Å². The van der Waals surface area contributed by atoms with Gasteiger partial charge < -0.3 is 19.2 Å². The monoisotopic (exact) mass is 404 g/mol. The molecule has 2 aliphatic rings. The molecule has 28 heavy (non-hydrogen) atoms. The Labute approximate surface area is 169 Å². The average molecular weight is 405 g/mol. The lowest BCUT2D eigenvalue weighted by Gasteiger charge is -2.32. The molecule has 4 nitrogen and oxygen atoms in total. The lowest BCUT2D eigenvalue weighted by Crippen LogP contribution is -2.41. The minimum absolute atomic E-state index is 0.0392. The summed E-state index contributed by atoms with van der Waals surface area (Å²) in [4.78, 5) is 0. The van der Waals surface area contributed by atoms with Crippen LogP contribution in [0.15, 0.2) is 36.4 Å². The van der Waals surface area contributed by atoms with E-state index in [9.17, 15) is 9.50 Å². The van der Waals surface area contributed by atoms with Crippen molar-refractivity contribution in [1.82, 2.24) is 0 Å². The van der Waals surface area contributed by atoms with Gasteiger partial charge in [0, 0.05) is 23.5 Å². The summed E-state index contributed by atoms with van der Waals surface area (Å²) in [6.07, 6.45) is 0.336. The molecule has 0 aromatic heterocycles. The number of benzene rings is 2. The highest BCUT2D eigenvalue weighted by Gasteiger charge is 2.54. The van der Waals surface area contributed by atoms with Crippen LogP contribution in [-0.4, -0.2) is 30.0 Å². The van der Waals surface area contributed by atoms with Gasteiger partial charge in [-0.25, -0.2) is 4.39 Å². The number of fused-ring (bicyclic) bond motifs is 1. The van der Waals surface area contributed by atoms with Crippen molar-refractivity contribution >= 4 is 24.2 Å². The molecule has 0 aliphatic carbocycles. The highest BCUT2D eigenvalue weighted by Crippen LogP contribution is 2.44. The second kappa shape index (κ2) is 6.46. The van der Waals surface area contributed by atoms with Gasteiger partial charge in [0.05, 0.1) is 22.8 Å². The van der Waals surface area contributed by atoms with Gasteiger partial charge in [0.15, 0.2) is 5.60 Å². The zero-order chi connectivity index (χ0) is 20.3. The number of aliphatic hydroxyl groups excluding tert-OH is 1. The quantitative estimate of drug-likeness (QED) is 0.794. The highest BCUT2D eigenvalue weighted by molar-refractivity contribution is 6.66. The number of ether oxygens (including phenoxy) is 1. The minimum atomic E-state index is -1.00. The first kappa shape index (κ1) is 19.7. The first-order chi connectivity index (χ1) is 13.1. The molecule has 1 saturated heterocycles. The Hall–Kier alpha value is -1.60. The maximum atomic E-state index is 14.6. The maximum Gasteiger partial charge on any atom is 0.496 e. The molecule has 7 heteroatoms. The predicted molar refractivity (Wildman–Crippen MR) is 107 cm³/mol. The van der Waals surface area contributed by atoms with Crippen LogP contribution in [0.4, 0.5) is 4.39 Å². The van der Waals surface area contributed by atoms with Crippen LogP contribution in [0.2, 0.25) is 5.02 Å². The zero-order valence-electron chi connectivity index (χ0n) is 16.4. The van der Waals surface area contributed by atoms with Gasteiger partial charge in [-0.05, 0) is 33.3 Å². The first-order valence-electron chi connectivity index (χ1n) is 9.32. The lowest BCUT2D eigenvalue weighted by molar-refractivity contribution is 0.00578. The molecule has 4 rings (SSSR count). The summed E-state index contributed by atoms with van der Waals surface area (Å²) >= 11 is 6.37. The summed E-state index contributed by atoms with van der Waals surface area (Å²) in [7, 11) is -0.823. The van der Waals surface area contributed by atoms with Crippen molar-refractivity contribution in [2.45, 2.75) is 50.9 Å². The van der Waals surface area contributed by atoms with Crippen LogP contribution >= 0.6 is 11.6 Å². The van der Waals surface area contributed by atoms with E-state index in [1.54, 1.807) is 0 Å². The number of aliphatic hydroxyl groups is 1. The third kappa shape index (κ3) is 2.86. The standard InChI is InChI=1S/C21H23BClFO4/c1-19(2)20(3,4)28-22(27-19)17-14-11-21(12-25,13-8-6-5-7-9-13)26-16(14)10-15(24)18(17)23/h5-10,25H,11-12H2,1-4H3/t21-/m1/s1. The Bertz CT molecular complexity index is 902. The Balaban J connectivity index is 1.82. The molecule has 0 unspecified atom stereocenters. The summed E-state index contributed by atoms with van der Waals surface area (Å²) < 4.78 is 33.0. The van der Waals surface area contributed by atoms with E-state index >= 15 is 0 Å². The Morgan fingerprint density at radius 1 is 1.11 bits per heavy atom. The smallest absolute Gasteiger partial charge is 0.479 e. The molecule has 1 atom stereocenters. The molecule has 2 aliphatic heterocycles. The van der Waals surface area contributed by atoms with Crippen LogP contribution in [0.1, 0.15) is 38.8 Å². The van der Waals surface area contributed by atoms with Crippen LogP contribution in [0, 0.1) is 5.82 Å². The van der Waals surface area contributed by atoms with Crippen LogP contribution in [-0.2, 0) is 21.3 Å². The molecular formula is C21H23BClFO4. The second-order valence-electron chi connectivity index (χ2n) is 8.45. The fraction of sp³-hybridized carbons (Fsp3) is 0.429. The summed E-state index contributed by atoms with van der Waals surface area (Å²) in [5.74, 6) is -0.253. The molecule has 0 radical (unpaired) electrons. The number of hydrogen-bond acceptors (Lipinski definition) is 4. The van der Waals surface area contributed by atoms with E-state index in [-0.39, 0.29) is 11.6 Å². The molecule has 0 bridgehead atoms. The summed E-state index contributed by atoms with van der Waals surface area (Å²) in [5, 5.41) is 10.1. The van der Waals surface area contributed by atoms with Crippen molar-refractivity contribution in [2.75, 3.05) is 6.61 Å². The largest absolute Gasteiger partial charge is 0.496 e. The molecular weight excluding hydrogens is 381 g/mol. The van der Waals surface area contributed by atoms with Gasteiger partial charge in [0.2, 0.25) is 0 Å². The van der Waals surface area contributed by atoms with Crippen LogP contribution in [0.5, 0.6) is 5.75 Å². The van der Waals surface area contributed by atoms with E-state index in [2.05, 4.69) is 0 Å². The van der Waals surface area contributed by atoms with Crippen LogP contribution in [0.25, 0.3) is 0 Å². The lowest BCUT2D eigenvalue weighted by atomic mass is 9.73. The second-order valence-corrected chi connectivity index (χ2v) is 8.83. The van der Waals surface area contributed by atoms with Crippen LogP contribution in [0.3, 0.4) is 0 Å². The van der Waals surface area contributed by atoms with E-state index in [1.807, 2.05) is 58.0 Å². The van der Waals surface area contributed by atoms with Gasteiger partial charge in [-0.1, -0.05) is 41.9 Å². The van der Waals surface area contributed by atoms with Gasteiger partial charge in [0.25, 0.3) is 0 Å². The van der Waals surface area contributed by atoms with Gasteiger partial charge in [-0.15, -0.1) is 0 Å². The minimum Gasteiger partial charge on any atom is -0.479 e. The number of halogens is 2. The van der Waals surface area contributed by atoms with Gasteiger partial charge in [-0.3, -0.25) is 0 Å². The van der Waals surface area contributed by atoms with Crippen molar-refractivity contribution < 1.29 is 23.5 Å². The molecule has 0 saturated carbocycles. The Kier molecular flexibility index (Phi) is 4.55. The number of rotatable bonds is 3. The molecule has 2 heterocycles. The van der Waals surface area contributed by atoms with Crippen molar-refractivity contribution in [3.63, 3.8) is 0 Å². The fourth-order valence-electron chi connectivity index (χ4n) is 3.75. The van der Waals surface area contributed by atoms with E-state index < -0.39 is 29.7 Å².